The molecule has 6 heteroatoms. The second-order valence-corrected chi connectivity index (χ2v) is 9.32. The van der Waals surface area contributed by atoms with Gasteiger partial charge in [-0.2, -0.15) is 11.3 Å². The summed E-state index contributed by atoms with van der Waals surface area (Å²) >= 11 is 1.75. The highest BCUT2D eigenvalue weighted by Gasteiger charge is 2.27. The number of carbonyl (C=O) groups is 1. The van der Waals surface area contributed by atoms with Crippen LogP contribution in [0.5, 0.6) is 5.75 Å². The van der Waals surface area contributed by atoms with Crippen LogP contribution in [0.25, 0.3) is 0 Å². The summed E-state index contributed by atoms with van der Waals surface area (Å²) in [5, 5.41) is 14.5. The molecule has 2 heterocycles. The van der Waals surface area contributed by atoms with Crippen LogP contribution < -0.4 is 0 Å². The molecule has 33 heavy (non-hydrogen) atoms. The van der Waals surface area contributed by atoms with E-state index in [-0.39, 0.29) is 17.7 Å². The van der Waals surface area contributed by atoms with Crippen molar-refractivity contribution in [2.45, 2.75) is 26.4 Å². The van der Waals surface area contributed by atoms with Crippen molar-refractivity contribution < 1.29 is 9.90 Å². The summed E-state index contributed by atoms with van der Waals surface area (Å²) in [6.45, 7) is 10.3. The smallest absolute Gasteiger partial charge is 0.253 e. The number of aromatic hydroxyl groups is 1. The third-order valence-corrected chi connectivity index (χ3v) is 7.20. The first kappa shape index (κ1) is 23.5. The Labute approximate surface area is 200 Å². The zero-order chi connectivity index (χ0) is 23.2. The van der Waals surface area contributed by atoms with Gasteiger partial charge < -0.3 is 10.0 Å². The summed E-state index contributed by atoms with van der Waals surface area (Å²) in [5.41, 5.74) is 4.32. The van der Waals surface area contributed by atoms with E-state index in [9.17, 15) is 9.90 Å². The maximum absolute atomic E-state index is 12.7. The van der Waals surface area contributed by atoms with Crippen molar-refractivity contribution in [3.05, 3.63) is 87.6 Å². The molecular formula is C27H33N3O2S. The molecule has 1 atom stereocenters. The molecule has 1 fully saturated rings. The first-order valence-electron chi connectivity index (χ1n) is 11.7. The second kappa shape index (κ2) is 11.0. The van der Waals surface area contributed by atoms with Crippen LogP contribution in [0.15, 0.2) is 65.4 Å². The third-order valence-electron chi connectivity index (χ3n) is 6.47. The van der Waals surface area contributed by atoms with E-state index >= 15 is 0 Å². The maximum Gasteiger partial charge on any atom is 0.253 e. The average molecular weight is 464 g/mol. The van der Waals surface area contributed by atoms with Crippen molar-refractivity contribution in [1.82, 2.24) is 14.7 Å². The quantitative estimate of drug-likeness (QED) is 0.519. The third kappa shape index (κ3) is 5.64. The number of benzene rings is 2. The number of phenolic OH excluding ortho intramolecular Hbond substituents is 1. The average Bonchev–Trinajstić information content (AvgIpc) is 3.35. The molecule has 1 aromatic heterocycles. The summed E-state index contributed by atoms with van der Waals surface area (Å²) in [4.78, 5) is 19.6. The van der Waals surface area contributed by atoms with Crippen LogP contribution in [-0.4, -0.2) is 65.0 Å². The molecular weight excluding hydrogens is 430 g/mol. The molecule has 0 radical (unpaired) electrons. The molecule has 1 N–H and O–H groups in total. The Morgan fingerprint density at radius 3 is 2.33 bits per heavy atom. The molecule has 4 rings (SSSR count). The fourth-order valence-corrected chi connectivity index (χ4v) is 5.29. The van der Waals surface area contributed by atoms with Gasteiger partial charge in [-0.3, -0.25) is 14.6 Å². The van der Waals surface area contributed by atoms with Crippen molar-refractivity contribution >= 4 is 17.2 Å². The number of amides is 1. The van der Waals surface area contributed by atoms with Gasteiger partial charge in [0, 0.05) is 51.4 Å². The summed E-state index contributed by atoms with van der Waals surface area (Å²) in [6.07, 6.45) is 0. The van der Waals surface area contributed by atoms with Crippen molar-refractivity contribution in [1.29, 1.82) is 0 Å². The number of hydrogen-bond donors (Lipinski definition) is 1. The van der Waals surface area contributed by atoms with Crippen LogP contribution in [0, 0.1) is 0 Å². The molecule has 1 amide bonds. The van der Waals surface area contributed by atoms with E-state index in [1.165, 1.54) is 5.56 Å². The van der Waals surface area contributed by atoms with Crippen molar-refractivity contribution in [3.8, 4) is 5.75 Å². The number of thiophene rings is 1. The zero-order valence-electron chi connectivity index (χ0n) is 19.5. The van der Waals surface area contributed by atoms with Gasteiger partial charge in [0.25, 0.3) is 5.91 Å². The molecule has 5 nitrogen and oxygen atoms in total. The lowest BCUT2D eigenvalue weighted by atomic mass is 9.95. The lowest BCUT2D eigenvalue weighted by Crippen LogP contribution is -2.47. The van der Waals surface area contributed by atoms with Gasteiger partial charge in [-0.25, -0.2) is 0 Å². The first-order valence-corrected chi connectivity index (χ1v) is 12.7. The van der Waals surface area contributed by atoms with E-state index in [1.54, 1.807) is 17.4 Å². The van der Waals surface area contributed by atoms with Crippen LogP contribution in [0.3, 0.4) is 0 Å². The van der Waals surface area contributed by atoms with Crippen LogP contribution in [0.4, 0.5) is 0 Å². The fourth-order valence-electron chi connectivity index (χ4n) is 4.63. The van der Waals surface area contributed by atoms with E-state index in [0.29, 0.717) is 13.1 Å². The van der Waals surface area contributed by atoms with Gasteiger partial charge in [0.1, 0.15) is 5.75 Å². The fraction of sp³-hybridized carbons (Fsp3) is 0.370. The number of nitrogens with zero attached hydrogens (tertiary/aromatic N) is 3. The van der Waals surface area contributed by atoms with Crippen LogP contribution in [-0.2, 0) is 6.54 Å². The van der Waals surface area contributed by atoms with Gasteiger partial charge >= 0.3 is 0 Å². The number of rotatable bonds is 8. The maximum atomic E-state index is 12.7. The minimum atomic E-state index is 0.0398. The van der Waals surface area contributed by atoms with Crippen LogP contribution in [0.1, 0.15) is 46.9 Å². The number of carbonyl (C=O) groups excluding carboxylic acids is 1. The lowest BCUT2D eigenvalue weighted by molar-refractivity contribution is 0.0773. The molecule has 174 valence electrons. The van der Waals surface area contributed by atoms with E-state index in [0.717, 1.165) is 49.4 Å². The molecule has 1 aliphatic heterocycles. The van der Waals surface area contributed by atoms with Gasteiger partial charge in [-0.1, -0.05) is 24.3 Å². The minimum Gasteiger partial charge on any atom is -0.508 e. The Balaban J connectivity index is 1.54. The summed E-state index contributed by atoms with van der Waals surface area (Å²) in [7, 11) is 0. The number of piperazine rings is 1. The Kier molecular flexibility index (Phi) is 7.81. The van der Waals surface area contributed by atoms with Gasteiger partial charge in [0.05, 0.1) is 6.04 Å². The molecule has 0 bridgehead atoms. The van der Waals surface area contributed by atoms with Crippen LogP contribution in [0.2, 0.25) is 0 Å². The Morgan fingerprint density at radius 1 is 1.00 bits per heavy atom. The summed E-state index contributed by atoms with van der Waals surface area (Å²) in [5.74, 6) is 0.351. The van der Waals surface area contributed by atoms with Gasteiger partial charge in [0.2, 0.25) is 0 Å². The monoisotopic (exact) mass is 463 g/mol. The Morgan fingerprint density at radius 2 is 1.73 bits per heavy atom. The number of hydrogen-bond acceptors (Lipinski definition) is 5. The highest BCUT2D eigenvalue weighted by atomic mass is 32.1. The van der Waals surface area contributed by atoms with Gasteiger partial charge in [-0.05, 0) is 71.6 Å². The molecule has 1 aliphatic rings. The van der Waals surface area contributed by atoms with E-state index in [1.807, 2.05) is 43.0 Å². The summed E-state index contributed by atoms with van der Waals surface area (Å²) in [6, 6.07) is 17.8. The highest BCUT2D eigenvalue weighted by Crippen LogP contribution is 2.32. The minimum absolute atomic E-state index is 0.0398. The van der Waals surface area contributed by atoms with Crippen molar-refractivity contribution in [3.63, 3.8) is 0 Å². The number of phenols is 1. The highest BCUT2D eigenvalue weighted by molar-refractivity contribution is 7.07. The van der Waals surface area contributed by atoms with Gasteiger partial charge in [0.15, 0.2) is 0 Å². The topological polar surface area (TPSA) is 47.0 Å². The van der Waals surface area contributed by atoms with Crippen LogP contribution >= 0.6 is 11.3 Å². The molecule has 3 aromatic rings. The largest absolute Gasteiger partial charge is 0.508 e. The molecule has 2 aromatic carbocycles. The molecule has 0 spiro atoms. The second-order valence-electron chi connectivity index (χ2n) is 8.54. The lowest BCUT2D eigenvalue weighted by Gasteiger charge is -2.39. The molecule has 0 saturated carbocycles. The molecule has 1 saturated heterocycles. The van der Waals surface area contributed by atoms with E-state index in [2.05, 4.69) is 44.8 Å². The first-order chi connectivity index (χ1) is 16.1. The zero-order valence-corrected chi connectivity index (χ0v) is 20.3. The van der Waals surface area contributed by atoms with E-state index < -0.39 is 0 Å². The standard InChI is InChI=1S/C27H33N3O2S/c1-3-29(4-2)27(32)23-10-8-22(9-11-23)26(24-6-5-7-25(31)18-24)30-15-13-28(14-16-30)19-21-12-17-33-20-21/h5-12,17-18,20,26,31H,3-4,13-16,19H2,1-2H3. The summed E-state index contributed by atoms with van der Waals surface area (Å²) < 4.78 is 0. The normalized spacial score (nSPS) is 15.9. The Bertz CT molecular complexity index is 1020. The predicted molar refractivity (Wildman–Crippen MR) is 135 cm³/mol. The SMILES string of the molecule is CCN(CC)C(=O)c1ccc(C(c2cccc(O)c2)N2CCN(Cc3ccsc3)CC2)cc1. The van der Waals surface area contributed by atoms with Gasteiger partial charge in [-0.15, -0.1) is 0 Å². The Hall–Kier alpha value is -2.67. The van der Waals surface area contributed by atoms with E-state index in [4.69, 9.17) is 0 Å². The molecule has 1 unspecified atom stereocenters. The van der Waals surface area contributed by atoms with Crippen molar-refractivity contribution in [2.24, 2.45) is 0 Å². The molecule has 0 aliphatic carbocycles. The van der Waals surface area contributed by atoms with Crippen molar-refractivity contribution in [2.75, 3.05) is 39.3 Å². The predicted octanol–water partition coefficient (Wildman–Crippen LogP) is 4.84.